The quantitative estimate of drug-likeness (QED) is 0.782. The molecule has 1 aliphatic rings. The Labute approximate surface area is 106 Å². The smallest absolute Gasteiger partial charge is 0.282 e. The second-order valence-corrected chi connectivity index (χ2v) is 4.80. The Balaban J connectivity index is 2.02. The summed E-state index contributed by atoms with van der Waals surface area (Å²) >= 11 is 0.899. The number of imide groups is 1. The molecule has 2 aromatic rings. The standard InChI is InChI=1S/C11H8N4O2S/c1-15-13-7-3-2-6(4-8(7)14-15)5-9-10(16)12-11(17)18-9/h2-5H,1H3,(H,12,16,17). The summed E-state index contributed by atoms with van der Waals surface area (Å²) in [7, 11) is 1.75. The van der Waals surface area contributed by atoms with Crippen LogP contribution < -0.4 is 5.32 Å². The van der Waals surface area contributed by atoms with Crippen molar-refractivity contribution in [1.29, 1.82) is 0 Å². The number of carbonyl (C=O) groups excluding carboxylic acids is 2. The lowest BCUT2D eigenvalue weighted by Gasteiger charge is -1.94. The molecule has 0 saturated carbocycles. The van der Waals surface area contributed by atoms with E-state index in [2.05, 4.69) is 15.5 Å². The predicted molar refractivity (Wildman–Crippen MR) is 67.6 cm³/mol. The molecule has 1 aromatic carbocycles. The van der Waals surface area contributed by atoms with E-state index >= 15 is 0 Å². The minimum atomic E-state index is -0.357. The number of hydrogen-bond acceptors (Lipinski definition) is 5. The highest BCUT2D eigenvalue weighted by atomic mass is 32.2. The number of carbonyl (C=O) groups is 2. The Kier molecular flexibility index (Phi) is 2.41. The van der Waals surface area contributed by atoms with Gasteiger partial charge in [0.2, 0.25) is 0 Å². The maximum atomic E-state index is 11.4. The highest BCUT2D eigenvalue weighted by molar-refractivity contribution is 8.18. The van der Waals surface area contributed by atoms with Crippen LogP contribution in [0.1, 0.15) is 5.56 Å². The van der Waals surface area contributed by atoms with Crippen LogP contribution in [0.3, 0.4) is 0 Å². The average molecular weight is 260 g/mol. The zero-order valence-corrected chi connectivity index (χ0v) is 10.2. The normalized spacial score (nSPS) is 17.7. The molecule has 0 spiro atoms. The molecule has 0 unspecified atom stereocenters. The summed E-state index contributed by atoms with van der Waals surface area (Å²) in [6, 6.07) is 5.49. The molecular weight excluding hydrogens is 252 g/mol. The molecule has 2 heterocycles. The molecule has 1 saturated heterocycles. The van der Waals surface area contributed by atoms with Crippen molar-refractivity contribution >= 4 is 40.0 Å². The van der Waals surface area contributed by atoms with E-state index in [1.54, 1.807) is 13.1 Å². The third kappa shape index (κ3) is 1.88. The van der Waals surface area contributed by atoms with Crippen LogP contribution in [0.15, 0.2) is 23.1 Å². The molecule has 18 heavy (non-hydrogen) atoms. The van der Waals surface area contributed by atoms with Gasteiger partial charge in [-0.15, -0.1) is 0 Å². The summed E-state index contributed by atoms with van der Waals surface area (Å²) in [5.41, 5.74) is 2.36. The number of aryl methyl sites for hydroxylation is 1. The van der Waals surface area contributed by atoms with Gasteiger partial charge < -0.3 is 0 Å². The fourth-order valence-corrected chi connectivity index (χ4v) is 2.38. The molecule has 1 fully saturated rings. The van der Waals surface area contributed by atoms with Gasteiger partial charge in [-0.05, 0) is 35.5 Å². The van der Waals surface area contributed by atoms with Crippen LogP contribution in [0.25, 0.3) is 17.1 Å². The molecule has 90 valence electrons. The first kappa shape index (κ1) is 11.0. The first-order valence-electron chi connectivity index (χ1n) is 5.18. The van der Waals surface area contributed by atoms with Gasteiger partial charge in [0, 0.05) is 7.05 Å². The number of hydrogen-bond donors (Lipinski definition) is 1. The topological polar surface area (TPSA) is 76.9 Å². The van der Waals surface area contributed by atoms with Crippen LogP contribution in [0.5, 0.6) is 0 Å². The largest absolute Gasteiger partial charge is 0.290 e. The fraction of sp³-hybridized carbons (Fsp3) is 0.0909. The van der Waals surface area contributed by atoms with E-state index in [1.165, 1.54) is 4.80 Å². The molecule has 7 heteroatoms. The van der Waals surface area contributed by atoms with Crippen LogP contribution in [0.2, 0.25) is 0 Å². The number of aromatic nitrogens is 3. The first-order valence-corrected chi connectivity index (χ1v) is 5.99. The second kappa shape index (κ2) is 3.95. The van der Waals surface area contributed by atoms with Gasteiger partial charge in [0.1, 0.15) is 11.0 Å². The van der Waals surface area contributed by atoms with Gasteiger partial charge >= 0.3 is 0 Å². The molecular formula is C11H8N4O2S. The number of thioether (sulfide) groups is 1. The molecule has 1 N–H and O–H groups in total. The summed E-state index contributed by atoms with van der Waals surface area (Å²) in [4.78, 5) is 24.3. The van der Waals surface area contributed by atoms with Gasteiger partial charge in [-0.25, -0.2) is 0 Å². The van der Waals surface area contributed by atoms with Crippen molar-refractivity contribution in [3.8, 4) is 0 Å². The number of amides is 2. The van der Waals surface area contributed by atoms with E-state index in [-0.39, 0.29) is 11.1 Å². The lowest BCUT2D eigenvalue weighted by atomic mass is 10.2. The second-order valence-electron chi connectivity index (χ2n) is 3.79. The van der Waals surface area contributed by atoms with E-state index in [4.69, 9.17) is 0 Å². The van der Waals surface area contributed by atoms with Gasteiger partial charge in [0.25, 0.3) is 11.1 Å². The Bertz CT molecular complexity index is 704. The van der Waals surface area contributed by atoms with E-state index in [9.17, 15) is 9.59 Å². The van der Waals surface area contributed by atoms with Crippen LogP contribution in [-0.4, -0.2) is 26.1 Å². The molecule has 2 amide bonds. The SMILES string of the molecule is Cn1nc2ccc(C=C3SC(=O)NC3=O)cc2n1. The van der Waals surface area contributed by atoms with E-state index < -0.39 is 0 Å². The molecule has 0 bridgehead atoms. The first-order chi connectivity index (χ1) is 8.61. The van der Waals surface area contributed by atoms with Gasteiger partial charge in [0.15, 0.2) is 0 Å². The van der Waals surface area contributed by atoms with Gasteiger partial charge in [-0.2, -0.15) is 15.0 Å². The predicted octanol–water partition coefficient (Wildman–Crippen LogP) is 1.29. The number of rotatable bonds is 1. The van der Waals surface area contributed by atoms with Gasteiger partial charge in [-0.1, -0.05) is 6.07 Å². The summed E-state index contributed by atoms with van der Waals surface area (Å²) in [5, 5.41) is 10.2. The number of nitrogens with zero attached hydrogens (tertiary/aromatic N) is 3. The minimum absolute atomic E-state index is 0.341. The number of fused-ring (bicyclic) bond motifs is 1. The van der Waals surface area contributed by atoms with Crippen molar-refractivity contribution in [3.63, 3.8) is 0 Å². The third-order valence-corrected chi connectivity index (χ3v) is 3.25. The van der Waals surface area contributed by atoms with Gasteiger partial charge in [-0.3, -0.25) is 14.9 Å². The van der Waals surface area contributed by atoms with Gasteiger partial charge in [0.05, 0.1) is 4.91 Å². The van der Waals surface area contributed by atoms with Crippen LogP contribution in [-0.2, 0) is 11.8 Å². The number of benzene rings is 1. The zero-order chi connectivity index (χ0) is 12.7. The lowest BCUT2D eigenvalue weighted by molar-refractivity contribution is -0.115. The zero-order valence-electron chi connectivity index (χ0n) is 9.38. The van der Waals surface area contributed by atoms with Crippen molar-refractivity contribution in [2.24, 2.45) is 7.05 Å². The maximum Gasteiger partial charge on any atom is 0.290 e. The molecule has 0 atom stereocenters. The molecule has 6 nitrogen and oxygen atoms in total. The Morgan fingerprint density at radius 2 is 2.06 bits per heavy atom. The van der Waals surface area contributed by atoms with Crippen molar-refractivity contribution in [3.05, 3.63) is 28.7 Å². The Morgan fingerprint density at radius 1 is 1.28 bits per heavy atom. The summed E-state index contributed by atoms with van der Waals surface area (Å²) in [6.07, 6.45) is 1.67. The molecule has 0 aliphatic carbocycles. The minimum Gasteiger partial charge on any atom is -0.282 e. The third-order valence-electron chi connectivity index (χ3n) is 2.44. The van der Waals surface area contributed by atoms with Crippen molar-refractivity contribution in [2.45, 2.75) is 0 Å². The van der Waals surface area contributed by atoms with Crippen molar-refractivity contribution < 1.29 is 9.59 Å². The van der Waals surface area contributed by atoms with E-state index in [0.717, 1.165) is 28.4 Å². The fourth-order valence-electron chi connectivity index (χ4n) is 1.70. The van der Waals surface area contributed by atoms with Crippen LogP contribution in [0.4, 0.5) is 4.79 Å². The molecule has 1 aromatic heterocycles. The summed E-state index contributed by atoms with van der Waals surface area (Å²) in [6.45, 7) is 0. The van der Waals surface area contributed by atoms with Crippen molar-refractivity contribution in [2.75, 3.05) is 0 Å². The van der Waals surface area contributed by atoms with E-state index in [1.807, 2.05) is 18.2 Å². The van der Waals surface area contributed by atoms with Crippen LogP contribution in [0, 0.1) is 0 Å². The molecule has 0 radical (unpaired) electrons. The maximum absolute atomic E-state index is 11.4. The highest BCUT2D eigenvalue weighted by Crippen LogP contribution is 2.26. The highest BCUT2D eigenvalue weighted by Gasteiger charge is 2.24. The summed E-state index contributed by atoms with van der Waals surface area (Å²) < 4.78 is 0. The molecule has 1 aliphatic heterocycles. The molecule has 3 rings (SSSR count). The van der Waals surface area contributed by atoms with Crippen LogP contribution >= 0.6 is 11.8 Å². The van der Waals surface area contributed by atoms with E-state index in [0.29, 0.717) is 4.91 Å². The summed E-state index contributed by atoms with van der Waals surface area (Å²) in [5.74, 6) is -0.357. The van der Waals surface area contributed by atoms with Crippen molar-refractivity contribution in [1.82, 2.24) is 20.3 Å². The Morgan fingerprint density at radius 3 is 2.78 bits per heavy atom. The lowest BCUT2D eigenvalue weighted by Crippen LogP contribution is -2.17. The monoisotopic (exact) mass is 260 g/mol. The Hall–Kier alpha value is -2.15. The average Bonchev–Trinajstić information content (AvgIpc) is 2.80. The number of nitrogens with one attached hydrogen (secondary N) is 1.